The number of aryl methyl sites for hydroxylation is 2. The van der Waals surface area contributed by atoms with E-state index in [-0.39, 0.29) is 35.8 Å². The summed E-state index contributed by atoms with van der Waals surface area (Å²) < 4.78 is 10.6. The molecule has 3 rings (SSSR count). The predicted molar refractivity (Wildman–Crippen MR) is 103 cm³/mol. The topological polar surface area (TPSA) is 108 Å². The number of non-ortho nitro benzene ring substituents is 1. The third-order valence-electron chi connectivity index (χ3n) is 3.84. The summed E-state index contributed by atoms with van der Waals surface area (Å²) in [6.45, 7) is 3.86. The Bertz CT molecular complexity index is 1000. The molecule has 0 atom stereocenters. The van der Waals surface area contributed by atoms with Gasteiger partial charge in [-0.3, -0.25) is 14.9 Å². The maximum absolute atomic E-state index is 12.0. The standard InChI is InChI=1S/C19H17N3O5S/c1-12-3-4-13(2)16(9-12)28-11-18(23)26-10-17-20-21-19(27-17)14-5-7-15(8-6-14)22(24)25/h3-9H,10-11H2,1-2H3. The van der Waals surface area contributed by atoms with E-state index in [0.29, 0.717) is 5.56 Å². The summed E-state index contributed by atoms with van der Waals surface area (Å²) in [5, 5.41) is 18.4. The minimum atomic E-state index is -0.487. The first-order chi connectivity index (χ1) is 13.4. The van der Waals surface area contributed by atoms with Crippen LogP contribution in [0.15, 0.2) is 51.8 Å². The fourth-order valence-corrected chi connectivity index (χ4v) is 3.26. The average molecular weight is 399 g/mol. The van der Waals surface area contributed by atoms with Gasteiger partial charge in [0.25, 0.3) is 11.6 Å². The van der Waals surface area contributed by atoms with Crippen molar-refractivity contribution >= 4 is 23.4 Å². The smallest absolute Gasteiger partial charge is 0.316 e. The second kappa shape index (κ2) is 8.66. The molecule has 0 radical (unpaired) electrons. The first-order valence-electron chi connectivity index (χ1n) is 8.35. The number of thioether (sulfide) groups is 1. The third kappa shape index (κ3) is 4.95. The molecule has 3 aromatic rings. The molecule has 2 aromatic carbocycles. The molecule has 0 spiro atoms. The Morgan fingerprint density at radius 3 is 2.64 bits per heavy atom. The highest BCUT2D eigenvalue weighted by Gasteiger charge is 2.13. The van der Waals surface area contributed by atoms with Crippen molar-refractivity contribution in [2.45, 2.75) is 25.3 Å². The van der Waals surface area contributed by atoms with Gasteiger partial charge < -0.3 is 9.15 Å². The lowest BCUT2D eigenvalue weighted by Crippen LogP contribution is -2.07. The van der Waals surface area contributed by atoms with Crippen LogP contribution in [0.25, 0.3) is 11.5 Å². The van der Waals surface area contributed by atoms with Crippen LogP contribution in [0.5, 0.6) is 0 Å². The number of carbonyl (C=O) groups is 1. The number of aromatic nitrogens is 2. The quantitative estimate of drug-likeness (QED) is 0.253. The van der Waals surface area contributed by atoms with E-state index in [1.165, 1.54) is 36.0 Å². The molecule has 28 heavy (non-hydrogen) atoms. The fraction of sp³-hybridized carbons (Fsp3) is 0.211. The molecule has 1 aromatic heterocycles. The van der Waals surface area contributed by atoms with Gasteiger partial charge in [-0.25, -0.2) is 0 Å². The third-order valence-corrected chi connectivity index (χ3v) is 4.97. The van der Waals surface area contributed by atoms with Crippen molar-refractivity contribution in [1.29, 1.82) is 0 Å². The zero-order chi connectivity index (χ0) is 20.1. The van der Waals surface area contributed by atoms with Gasteiger partial charge in [-0.1, -0.05) is 17.7 Å². The Kier molecular flexibility index (Phi) is 6.05. The molecule has 0 amide bonds. The van der Waals surface area contributed by atoms with E-state index in [1.54, 1.807) is 0 Å². The molecule has 0 unspecified atom stereocenters. The highest BCUT2D eigenvalue weighted by Crippen LogP contribution is 2.24. The summed E-state index contributed by atoms with van der Waals surface area (Å²) in [4.78, 5) is 23.2. The van der Waals surface area contributed by atoms with Crippen molar-refractivity contribution < 1.29 is 18.9 Å². The molecular weight excluding hydrogens is 382 g/mol. The van der Waals surface area contributed by atoms with Gasteiger partial charge in [0.1, 0.15) is 0 Å². The largest absolute Gasteiger partial charge is 0.455 e. The number of hydrogen-bond donors (Lipinski definition) is 0. The monoisotopic (exact) mass is 399 g/mol. The number of ether oxygens (including phenoxy) is 1. The summed E-state index contributed by atoms with van der Waals surface area (Å²) in [6.07, 6.45) is 0. The molecule has 0 aliphatic heterocycles. The summed E-state index contributed by atoms with van der Waals surface area (Å²) in [7, 11) is 0. The summed E-state index contributed by atoms with van der Waals surface area (Å²) >= 11 is 1.41. The second-order valence-corrected chi connectivity index (χ2v) is 7.04. The SMILES string of the molecule is Cc1ccc(C)c(SCC(=O)OCc2nnc(-c3ccc([N+](=O)[O-])cc3)o2)c1. The maximum atomic E-state index is 12.0. The number of carbonyl (C=O) groups excluding carboxylic acids is 1. The summed E-state index contributed by atoms with van der Waals surface area (Å²) in [5.74, 6) is 0.137. The Balaban J connectivity index is 1.53. The van der Waals surface area contributed by atoms with Gasteiger partial charge in [0.15, 0.2) is 6.61 Å². The van der Waals surface area contributed by atoms with Crippen LogP contribution in [0.1, 0.15) is 17.0 Å². The van der Waals surface area contributed by atoms with Crippen LogP contribution in [0.3, 0.4) is 0 Å². The van der Waals surface area contributed by atoms with Crippen molar-refractivity contribution in [3.8, 4) is 11.5 Å². The van der Waals surface area contributed by atoms with Gasteiger partial charge in [-0.15, -0.1) is 22.0 Å². The average Bonchev–Trinajstić information content (AvgIpc) is 3.16. The molecule has 0 N–H and O–H groups in total. The van der Waals surface area contributed by atoms with E-state index in [9.17, 15) is 14.9 Å². The van der Waals surface area contributed by atoms with Crippen molar-refractivity contribution in [3.63, 3.8) is 0 Å². The fourth-order valence-electron chi connectivity index (χ4n) is 2.34. The molecule has 0 aliphatic carbocycles. The molecule has 144 valence electrons. The summed E-state index contributed by atoms with van der Waals surface area (Å²) in [5.41, 5.74) is 2.75. The van der Waals surface area contributed by atoms with Crippen LogP contribution in [-0.4, -0.2) is 26.8 Å². The zero-order valence-electron chi connectivity index (χ0n) is 15.2. The van der Waals surface area contributed by atoms with Crippen molar-refractivity contribution in [2.24, 2.45) is 0 Å². The van der Waals surface area contributed by atoms with Crippen LogP contribution in [0.2, 0.25) is 0 Å². The molecule has 0 aliphatic rings. The summed E-state index contributed by atoms with van der Waals surface area (Å²) in [6, 6.07) is 11.8. The van der Waals surface area contributed by atoms with Gasteiger partial charge in [0.2, 0.25) is 5.89 Å². The molecular formula is C19H17N3O5S. The van der Waals surface area contributed by atoms with Crippen LogP contribution in [-0.2, 0) is 16.1 Å². The van der Waals surface area contributed by atoms with Gasteiger partial charge in [0.05, 0.1) is 10.7 Å². The van der Waals surface area contributed by atoms with Crippen LogP contribution in [0, 0.1) is 24.0 Å². The Labute approximate surface area is 165 Å². The zero-order valence-corrected chi connectivity index (χ0v) is 16.1. The maximum Gasteiger partial charge on any atom is 0.316 e. The number of hydrogen-bond acceptors (Lipinski definition) is 8. The van der Waals surface area contributed by atoms with Crippen molar-refractivity contribution in [1.82, 2.24) is 10.2 Å². The Hall–Kier alpha value is -3.20. The Morgan fingerprint density at radius 1 is 1.18 bits per heavy atom. The first kappa shape index (κ1) is 19.6. The molecule has 0 bridgehead atoms. The van der Waals surface area contributed by atoms with Gasteiger partial charge in [0, 0.05) is 22.6 Å². The number of nitro groups is 1. The number of rotatable bonds is 7. The molecule has 1 heterocycles. The molecule has 0 fully saturated rings. The number of nitrogens with zero attached hydrogens (tertiary/aromatic N) is 3. The number of benzene rings is 2. The predicted octanol–water partition coefficient (Wildman–Crippen LogP) is 4.10. The highest BCUT2D eigenvalue weighted by molar-refractivity contribution is 8.00. The van der Waals surface area contributed by atoms with E-state index in [0.717, 1.165) is 16.0 Å². The van der Waals surface area contributed by atoms with Gasteiger partial charge >= 0.3 is 5.97 Å². The van der Waals surface area contributed by atoms with Crippen LogP contribution < -0.4 is 0 Å². The lowest BCUT2D eigenvalue weighted by Gasteiger charge is -2.06. The van der Waals surface area contributed by atoms with E-state index < -0.39 is 4.92 Å². The number of esters is 1. The Morgan fingerprint density at radius 2 is 1.93 bits per heavy atom. The minimum absolute atomic E-state index is 0.0289. The molecule has 0 saturated carbocycles. The number of nitro benzene ring substituents is 1. The van der Waals surface area contributed by atoms with E-state index in [4.69, 9.17) is 9.15 Å². The van der Waals surface area contributed by atoms with E-state index >= 15 is 0 Å². The van der Waals surface area contributed by atoms with E-state index in [1.807, 2.05) is 32.0 Å². The molecule has 0 saturated heterocycles. The lowest BCUT2D eigenvalue weighted by molar-refractivity contribution is -0.384. The van der Waals surface area contributed by atoms with E-state index in [2.05, 4.69) is 10.2 Å². The molecule has 9 heteroatoms. The van der Waals surface area contributed by atoms with Crippen molar-refractivity contribution in [2.75, 3.05) is 5.75 Å². The molecule has 8 nitrogen and oxygen atoms in total. The minimum Gasteiger partial charge on any atom is -0.455 e. The first-order valence-corrected chi connectivity index (χ1v) is 9.34. The van der Waals surface area contributed by atoms with Gasteiger partial charge in [-0.2, -0.15) is 0 Å². The van der Waals surface area contributed by atoms with Gasteiger partial charge in [-0.05, 0) is 37.6 Å². The van der Waals surface area contributed by atoms with Crippen LogP contribution >= 0.6 is 11.8 Å². The van der Waals surface area contributed by atoms with Crippen molar-refractivity contribution in [3.05, 3.63) is 69.6 Å². The van der Waals surface area contributed by atoms with Crippen LogP contribution in [0.4, 0.5) is 5.69 Å². The lowest BCUT2D eigenvalue weighted by atomic mass is 10.2. The normalized spacial score (nSPS) is 10.6. The second-order valence-electron chi connectivity index (χ2n) is 6.02. The highest BCUT2D eigenvalue weighted by atomic mass is 32.2.